The first kappa shape index (κ1) is 47.8. The smallest absolute Gasteiger partial charge is 0.247 e. The molecule has 16 nitrogen and oxygen atoms in total. The van der Waals surface area contributed by atoms with Crippen LogP contribution in [-0.2, 0) is 19.7 Å². The molecule has 4 heterocycles. The maximum absolute atomic E-state index is 12.2. The van der Waals surface area contributed by atoms with Crippen molar-refractivity contribution in [2.75, 3.05) is 39.9 Å². The third-order valence-corrected chi connectivity index (χ3v) is 13.2. The van der Waals surface area contributed by atoms with Gasteiger partial charge in [0.2, 0.25) is 11.4 Å². The Morgan fingerprint density at radius 3 is 1.32 bits per heavy atom. The molecule has 4 aromatic carbocycles. The number of methoxy groups -OCH3 is 1. The number of ether oxygens (including phenoxy) is 1. The second kappa shape index (κ2) is 21.8. The van der Waals surface area contributed by atoms with E-state index in [1.165, 1.54) is 18.7 Å². The van der Waals surface area contributed by atoms with Crippen molar-refractivity contribution in [2.24, 2.45) is 0 Å². The molecule has 8 rings (SSSR count). The quantitative estimate of drug-likeness (QED) is 0.0646. The number of H-pyrrole nitrogens is 1. The van der Waals surface area contributed by atoms with E-state index in [9.17, 15) is 21.6 Å². The van der Waals surface area contributed by atoms with Gasteiger partial charge in [-0.3, -0.25) is 4.79 Å². The van der Waals surface area contributed by atoms with E-state index >= 15 is 0 Å². The lowest BCUT2D eigenvalue weighted by Gasteiger charge is -2.11. The standard InChI is InChI=1S/C24H23N5O3S.C23H21N5O3S.ClH/c1-3-33(30,31)21-9-5-8-20(13-21)29-23-14-22(26-16-27-23)28-19-7-4-6-17(12-19)18-10-11-24(32-2)25-15-18;1-2-32(30,31)20-8-4-7-19(12-20)28-22-13-21(25-15-26-22)27-18-6-3-5-16(11-18)17-9-10-23(29)24-14-17;/h4-16H,3H2,1-2H3,(H2,26,27,28,29);3-15H,2H2,1H3,(H,24,29)(H2,25,26,27,28);1H. The minimum absolute atomic E-state index is 0. The van der Waals surface area contributed by atoms with E-state index in [4.69, 9.17) is 4.74 Å². The van der Waals surface area contributed by atoms with Gasteiger partial charge in [-0.2, -0.15) is 0 Å². The first-order valence-corrected chi connectivity index (χ1v) is 23.5. The molecule has 0 saturated carbocycles. The molecule has 0 radical (unpaired) electrons. The van der Waals surface area contributed by atoms with Crippen molar-refractivity contribution in [3.63, 3.8) is 0 Å². The number of nitrogens with zero attached hydrogens (tertiary/aromatic N) is 5. The molecule has 0 saturated heterocycles. The molecule has 8 aromatic rings. The number of aromatic nitrogens is 6. The average molecular weight is 946 g/mol. The number of pyridine rings is 2. The number of benzene rings is 4. The lowest BCUT2D eigenvalue weighted by atomic mass is 10.1. The fraction of sp³-hybridized carbons (Fsp3) is 0.106. The second-order valence-corrected chi connectivity index (χ2v) is 18.7. The van der Waals surface area contributed by atoms with Crippen molar-refractivity contribution < 1.29 is 21.6 Å². The van der Waals surface area contributed by atoms with Gasteiger partial charge in [0.1, 0.15) is 35.9 Å². The highest BCUT2D eigenvalue weighted by atomic mass is 35.5. The number of anilines is 8. The van der Waals surface area contributed by atoms with E-state index in [0.29, 0.717) is 40.5 Å². The summed E-state index contributed by atoms with van der Waals surface area (Å²) in [6.07, 6.45) is 6.29. The number of sulfone groups is 2. The molecule has 4 aromatic heterocycles. The Hall–Kier alpha value is -7.67. The molecule has 5 N–H and O–H groups in total. The van der Waals surface area contributed by atoms with Gasteiger partial charge in [0.25, 0.3) is 0 Å². The third-order valence-electron chi connectivity index (χ3n) is 9.69. The number of hydrogen-bond acceptors (Lipinski definition) is 15. The van der Waals surface area contributed by atoms with Gasteiger partial charge in [-0.15, -0.1) is 12.4 Å². The van der Waals surface area contributed by atoms with Crippen molar-refractivity contribution in [3.8, 4) is 28.1 Å². The van der Waals surface area contributed by atoms with E-state index in [-0.39, 0.29) is 39.3 Å². The lowest BCUT2D eigenvalue weighted by Crippen LogP contribution is -2.04. The van der Waals surface area contributed by atoms with Crippen LogP contribution < -0.4 is 31.6 Å². The molecule has 0 fully saturated rings. The topological polar surface area (TPSA) is 223 Å². The van der Waals surface area contributed by atoms with E-state index in [2.05, 4.69) is 51.2 Å². The number of rotatable bonds is 15. The van der Waals surface area contributed by atoms with Crippen LogP contribution in [0.2, 0.25) is 0 Å². The molecule has 0 aliphatic rings. The van der Waals surface area contributed by atoms with Crippen molar-refractivity contribution in [2.45, 2.75) is 23.6 Å². The number of aromatic amines is 1. The first-order chi connectivity index (χ1) is 31.4. The second-order valence-electron chi connectivity index (χ2n) is 14.1. The monoisotopic (exact) mass is 944 g/mol. The van der Waals surface area contributed by atoms with E-state index < -0.39 is 19.7 Å². The van der Waals surface area contributed by atoms with Gasteiger partial charge in [0.05, 0.1) is 28.4 Å². The summed E-state index contributed by atoms with van der Waals surface area (Å²) in [5, 5.41) is 12.8. The largest absolute Gasteiger partial charge is 0.481 e. The highest BCUT2D eigenvalue weighted by Gasteiger charge is 2.14. The van der Waals surface area contributed by atoms with Gasteiger partial charge < -0.3 is 31.0 Å². The molecule has 338 valence electrons. The summed E-state index contributed by atoms with van der Waals surface area (Å²) < 4.78 is 53.7. The van der Waals surface area contributed by atoms with Crippen LogP contribution in [0.25, 0.3) is 22.3 Å². The highest BCUT2D eigenvalue weighted by Crippen LogP contribution is 2.28. The molecule has 0 spiro atoms. The van der Waals surface area contributed by atoms with E-state index in [1.54, 1.807) is 100 Å². The molecule has 0 amide bonds. The van der Waals surface area contributed by atoms with Crippen LogP contribution in [0, 0.1) is 0 Å². The van der Waals surface area contributed by atoms with E-state index in [0.717, 1.165) is 33.6 Å². The van der Waals surface area contributed by atoms with Crippen LogP contribution in [0.5, 0.6) is 5.88 Å². The van der Waals surface area contributed by atoms with Crippen molar-refractivity contribution >= 4 is 78.1 Å². The fourth-order valence-corrected chi connectivity index (χ4v) is 8.11. The summed E-state index contributed by atoms with van der Waals surface area (Å²) in [7, 11) is -5.00. The Balaban J connectivity index is 0.000000215. The Bertz CT molecular complexity index is 3190. The van der Waals surface area contributed by atoms with Crippen LogP contribution in [-0.4, -0.2) is 65.4 Å². The van der Waals surface area contributed by atoms with Crippen LogP contribution in [0.4, 0.5) is 46.0 Å². The van der Waals surface area contributed by atoms with Crippen LogP contribution in [0.3, 0.4) is 0 Å². The summed E-state index contributed by atoms with van der Waals surface area (Å²) in [5.41, 5.74) is 6.54. The normalized spacial score (nSPS) is 11.0. The Labute approximate surface area is 388 Å². The summed E-state index contributed by atoms with van der Waals surface area (Å²) in [4.78, 5) is 35.7. The zero-order valence-corrected chi connectivity index (χ0v) is 38.3. The highest BCUT2D eigenvalue weighted by molar-refractivity contribution is 7.91. The maximum Gasteiger partial charge on any atom is 0.247 e. The molecular weight excluding hydrogens is 900 g/mol. The molecule has 0 atom stereocenters. The van der Waals surface area contributed by atoms with Gasteiger partial charge in [0.15, 0.2) is 19.7 Å². The van der Waals surface area contributed by atoms with Crippen molar-refractivity contribution in [1.82, 2.24) is 29.9 Å². The van der Waals surface area contributed by atoms with Gasteiger partial charge in [-0.05, 0) is 89.5 Å². The van der Waals surface area contributed by atoms with Gasteiger partial charge >= 0.3 is 0 Å². The van der Waals surface area contributed by atoms with Gasteiger partial charge in [-0.1, -0.05) is 50.2 Å². The summed E-state index contributed by atoms with van der Waals surface area (Å²) in [6.45, 7) is 3.24. The predicted octanol–water partition coefficient (Wildman–Crippen LogP) is 9.36. The molecule has 0 aliphatic heterocycles. The molecule has 0 unspecified atom stereocenters. The summed E-state index contributed by atoms with van der Waals surface area (Å²) in [5.74, 6) is 2.86. The van der Waals surface area contributed by atoms with Gasteiger partial charge in [-0.25, -0.2) is 41.8 Å². The summed E-state index contributed by atoms with van der Waals surface area (Å²) >= 11 is 0. The Kier molecular flexibility index (Phi) is 15.8. The molecule has 19 heteroatoms. The van der Waals surface area contributed by atoms with Crippen molar-refractivity contribution in [3.05, 3.63) is 169 Å². The fourth-order valence-electron chi connectivity index (χ4n) is 6.26. The molecule has 66 heavy (non-hydrogen) atoms. The van der Waals surface area contributed by atoms with E-state index in [1.807, 2.05) is 60.7 Å². The Morgan fingerprint density at radius 2 is 0.924 bits per heavy atom. The van der Waals surface area contributed by atoms with Crippen molar-refractivity contribution in [1.29, 1.82) is 0 Å². The summed E-state index contributed by atoms with van der Waals surface area (Å²) in [6, 6.07) is 39.4. The van der Waals surface area contributed by atoms with Crippen LogP contribution in [0.15, 0.2) is 173 Å². The molecular formula is C47H45ClN10O6S2. The van der Waals surface area contributed by atoms with Crippen LogP contribution in [0.1, 0.15) is 13.8 Å². The molecule has 0 bridgehead atoms. The maximum atomic E-state index is 12.2. The predicted molar refractivity (Wildman–Crippen MR) is 262 cm³/mol. The molecule has 0 aliphatic carbocycles. The number of nitrogens with one attached hydrogen (secondary N) is 5. The first-order valence-electron chi connectivity index (χ1n) is 20.2. The minimum Gasteiger partial charge on any atom is -0.481 e. The number of halogens is 1. The SMILES string of the molecule is CCS(=O)(=O)c1cccc(Nc2cc(Nc3cccc(-c4ccc(=O)[nH]c4)c3)ncn2)c1.CCS(=O)(=O)c1cccc(Nc2cc(Nc3cccc(-c4ccc(OC)nc4)c3)ncn2)c1.Cl. The number of hydrogen-bond donors (Lipinski definition) is 5. The Morgan fingerprint density at radius 1 is 0.500 bits per heavy atom. The zero-order valence-electron chi connectivity index (χ0n) is 35.8. The lowest BCUT2D eigenvalue weighted by molar-refractivity contribution is 0.398. The third kappa shape index (κ3) is 12.7. The minimum atomic E-state index is -3.30. The van der Waals surface area contributed by atoms with Crippen LogP contribution >= 0.6 is 12.4 Å². The average Bonchev–Trinajstić information content (AvgIpc) is 3.32. The van der Waals surface area contributed by atoms with Gasteiger partial charge in [0, 0.05) is 65.0 Å². The zero-order chi connectivity index (χ0) is 45.8.